The summed E-state index contributed by atoms with van der Waals surface area (Å²) in [6.45, 7) is 0.699. The first-order chi connectivity index (χ1) is 7.72. The highest BCUT2D eigenvalue weighted by molar-refractivity contribution is 5.83. The number of hydrogen-bond donors (Lipinski definition) is 2. The van der Waals surface area contributed by atoms with Crippen LogP contribution >= 0.6 is 0 Å². The first-order valence-corrected chi connectivity index (χ1v) is 4.90. The third-order valence-corrected chi connectivity index (χ3v) is 2.13. The highest BCUT2D eigenvalue weighted by Gasteiger charge is 2.06. The Bertz CT molecular complexity index is 399. The number of phenols is 1. The van der Waals surface area contributed by atoms with E-state index in [4.69, 9.17) is 4.74 Å². The number of phenolic OH excluding ortho intramolecular Hbond substituents is 1. The zero-order valence-corrected chi connectivity index (χ0v) is 9.36. The number of rotatable bonds is 5. The number of hydrogen-bond acceptors (Lipinski definition) is 4. The molecule has 0 aromatic heterocycles. The van der Waals surface area contributed by atoms with Gasteiger partial charge in [0.05, 0.1) is 7.11 Å². The minimum absolute atomic E-state index is 0.0252. The van der Waals surface area contributed by atoms with E-state index in [-0.39, 0.29) is 5.75 Å². The van der Waals surface area contributed by atoms with Crippen LogP contribution in [0, 0.1) is 0 Å². The molecule has 1 rings (SSSR count). The SMILES string of the molecule is CNCC=Cc1cc(O)c(OC)cc1C=O. The molecule has 16 heavy (non-hydrogen) atoms. The maximum absolute atomic E-state index is 10.9. The normalized spacial score (nSPS) is 10.6. The van der Waals surface area contributed by atoms with Crippen LogP contribution in [0.25, 0.3) is 6.08 Å². The van der Waals surface area contributed by atoms with Crippen LogP contribution in [0.5, 0.6) is 11.5 Å². The third kappa shape index (κ3) is 2.84. The van der Waals surface area contributed by atoms with Crippen LogP contribution in [0.3, 0.4) is 0 Å². The molecule has 0 amide bonds. The molecule has 0 unspecified atom stereocenters. The Hall–Kier alpha value is -1.81. The number of carbonyl (C=O) groups excluding carboxylic acids is 1. The van der Waals surface area contributed by atoms with Gasteiger partial charge >= 0.3 is 0 Å². The molecule has 0 aliphatic carbocycles. The Morgan fingerprint density at radius 2 is 2.19 bits per heavy atom. The molecule has 0 aliphatic heterocycles. The lowest BCUT2D eigenvalue weighted by atomic mass is 10.1. The molecule has 0 bridgehead atoms. The summed E-state index contributed by atoms with van der Waals surface area (Å²) in [5, 5.41) is 12.5. The fourth-order valence-electron chi connectivity index (χ4n) is 1.31. The van der Waals surface area contributed by atoms with Gasteiger partial charge < -0.3 is 15.2 Å². The number of nitrogens with one attached hydrogen (secondary N) is 1. The largest absolute Gasteiger partial charge is 0.504 e. The average Bonchev–Trinajstić information content (AvgIpc) is 2.30. The van der Waals surface area contributed by atoms with Crippen molar-refractivity contribution in [2.45, 2.75) is 0 Å². The summed E-state index contributed by atoms with van der Waals surface area (Å²) in [4.78, 5) is 10.9. The Labute approximate surface area is 94.6 Å². The molecule has 0 saturated carbocycles. The molecule has 1 aromatic carbocycles. The van der Waals surface area contributed by atoms with Crippen LogP contribution in [0.15, 0.2) is 18.2 Å². The van der Waals surface area contributed by atoms with Gasteiger partial charge in [0.2, 0.25) is 0 Å². The number of benzene rings is 1. The molecule has 2 N–H and O–H groups in total. The number of methoxy groups -OCH3 is 1. The quantitative estimate of drug-likeness (QED) is 0.739. The average molecular weight is 221 g/mol. The van der Waals surface area contributed by atoms with Crippen LogP contribution in [0.2, 0.25) is 0 Å². The minimum atomic E-state index is 0.0252. The van der Waals surface area contributed by atoms with Gasteiger partial charge in [0.1, 0.15) is 0 Å². The van der Waals surface area contributed by atoms with Crippen LogP contribution < -0.4 is 10.1 Å². The highest BCUT2D eigenvalue weighted by atomic mass is 16.5. The van der Waals surface area contributed by atoms with Crippen molar-refractivity contribution in [1.82, 2.24) is 5.32 Å². The molecular weight excluding hydrogens is 206 g/mol. The highest BCUT2D eigenvalue weighted by Crippen LogP contribution is 2.29. The molecule has 1 aromatic rings. The molecular formula is C12H15NO3. The van der Waals surface area contributed by atoms with E-state index < -0.39 is 0 Å². The van der Waals surface area contributed by atoms with Gasteiger partial charge in [-0.1, -0.05) is 12.2 Å². The molecule has 0 saturated heterocycles. The summed E-state index contributed by atoms with van der Waals surface area (Å²) >= 11 is 0. The van der Waals surface area contributed by atoms with Gasteiger partial charge in [0.15, 0.2) is 17.8 Å². The summed E-state index contributed by atoms with van der Waals surface area (Å²) in [6.07, 6.45) is 4.38. The lowest BCUT2D eigenvalue weighted by Gasteiger charge is -2.06. The Kier molecular flexibility index (Phi) is 4.54. The lowest BCUT2D eigenvalue weighted by Crippen LogP contribution is -2.03. The van der Waals surface area contributed by atoms with Crippen molar-refractivity contribution in [3.05, 3.63) is 29.3 Å². The van der Waals surface area contributed by atoms with Gasteiger partial charge in [0.25, 0.3) is 0 Å². The third-order valence-electron chi connectivity index (χ3n) is 2.13. The van der Waals surface area contributed by atoms with Crippen molar-refractivity contribution < 1.29 is 14.6 Å². The van der Waals surface area contributed by atoms with Crippen molar-refractivity contribution in [1.29, 1.82) is 0 Å². The molecule has 86 valence electrons. The number of likely N-dealkylation sites (N-methyl/N-ethyl adjacent to an activating group) is 1. The van der Waals surface area contributed by atoms with Crippen molar-refractivity contribution in [3.8, 4) is 11.5 Å². The second kappa shape index (κ2) is 5.92. The standard InChI is InChI=1S/C12H15NO3/c1-13-5-3-4-9-6-11(15)12(16-2)7-10(9)8-14/h3-4,6-8,13,15H,5H2,1-2H3. The number of carbonyl (C=O) groups is 1. The summed E-state index contributed by atoms with van der Waals surface area (Å²) in [7, 11) is 3.27. The van der Waals surface area contributed by atoms with Gasteiger partial charge in [0, 0.05) is 12.1 Å². The summed E-state index contributed by atoms with van der Waals surface area (Å²) in [5.41, 5.74) is 1.16. The number of ether oxygens (including phenoxy) is 1. The second-order valence-corrected chi connectivity index (χ2v) is 3.23. The van der Waals surface area contributed by atoms with E-state index in [2.05, 4.69) is 5.32 Å². The van der Waals surface area contributed by atoms with Gasteiger partial charge in [-0.15, -0.1) is 0 Å². The van der Waals surface area contributed by atoms with Crippen molar-refractivity contribution in [2.24, 2.45) is 0 Å². The van der Waals surface area contributed by atoms with E-state index in [0.29, 0.717) is 23.4 Å². The molecule has 0 spiro atoms. The van der Waals surface area contributed by atoms with Gasteiger partial charge in [-0.25, -0.2) is 0 Å². The Morgan fingerprint density at radius 3 is 2.75 bits per heavy atom. The van der Waals surface area contributed by atoms with Crippen LogP contribution in [-0.4, -0.2) is 32.1 Å². The topological polar surface area (TPSA) is 58.6 Å². The first kappa shape index (κ1) is 12.3. The maximum Gasteiger partial charge on any atom is 0.161 e. The minimum Gasteiger partial charge on any atom is -0.504 e. The van der Waals surface area contributed by atoms with Crippen molar-refractivity contribution >= 4 is 12.4 Å². The predicted molar refractivity (Wildman–Crippen MR) is 63.0 cm³/mol. The molecule has 4 heteroatoms. The Balaban J connectivity index is 3.08. The molecule has 0 fully saturated rings. The van der Waals surface area contributed by atoms with Crippen molar-refractivity contribution in [3.63, 3.8) is 0 Å². The van der Waals surface area contributed by atoms with E-state index >= 15 is 0 Å². The molecule has 0 aliphatic rings. The maximum atomic E-state index is 10.9. The smallest absolute Gasteiger partial charge is 0.161 e. The number of aldehydes is 1. The van der Waals surface area contributed by atoms with Crippen molar-refractivity contribution in [2.75, 3.05) is 20.7 Å². The van der Waals surface area contributed by atoms with Gasteiger partial charge in [-0.2, -0.15) is 0 Å². The van der Waals surface area contributed by atoms with E-state index in [1.165, 1.54) is 19.2 Å². The van der Waals surface area contributed by atoms with Crippen LogP contribution in [0.1, 0.15) is 15.9 Å². The summed E-state index contributed by atoms with van der Waals surface area (Å²) in [5.74, 6) is 0.324. The van der Waals surface area contributed by atoms with E-state index in [1.807, 2.05) is 13.1 Å². The molecule has 0 heterocycles. The van der Waals surface area contributed by atoms with Gasteiger partial charge in [-0.05, 0) is 24.7 Å². The number of aromatic hydroxyl groups is 1. The second-order valence-electron chi connectivity index (χ2n) is 3.23. The summed E-state index contributed by atoms with van der Waals surface area (Å²) in [6, 6.07) is 3.02. The zero-order valence-electron chi connectivity index (χ0n) is 9.36. The van der Waals surface area contributed by atoms with Crippen LogP contribution in [0.4, 0.5) is 0 Å². The zero-order chi connectivity index (χ0) is 12.0. The van der Waals surface area contributed by atoms with E-state index in [9.17, 15) is 9.90 Å². The lowest BCUT2D eigenvalue weighted by molar-refractivity contribution is 0.112. The first-order valence-electron chi connectivity index (χ1n) is 4.90. The molecule has 0 radical (unpaired) electrons. The van der Waals surface area contributed by atoms with Crippen LogP contribution in [-0.2, 0) is 0 Å². The molecule has 4 nitrogen and oxygen atoms in total. The van der Waals surface area contributed by atoms with E-state index in [1.54, 1.807) is 6.08 Å². The monoisotopic (exact) mass is 221 g/mol. The fourth-order valence-corrected chi connectivity index (χ4v) is 1.31. The van der Waals surface area contributed by atoms with Gasteiger partial charge in [-0.3, -0.25) is 4.79 Å². The Morgan fingerprint density at radius 1 is 1.44 bits per heavy atom. The fraction of sp³-hybridized carbons (Fsp3) is 0.250. The van der Waals surface area contributed by atoms with E-state index in [0.717, 1.165) is 6.29 Å². The summed E-state index contributed by atoms with van der Waals surface area (Å²) < 4.78 is 4.92. The predicted octanol–water partition coefficient (Wildman–Crippen LogP) is 1.45. The molecule has 0 atom stereocenters.